The lowest BCUT2D eigenvalue weighted by Gasteiger charge is -2.42. The predicted molar refractivity (Wildman–Crippen MR) is 140 cm³/mol. The van der Waals surface area contributed by atoms with Crippen LogP contribution < -0.4 is 18.9 Å². The number of benzene rings is 2. The number of likely N-dealkylation sites (tertiary alicyclic amines) is 1. The molecule has 3 amide bonds. The molecule has 0 aromatic heterocycles. The number of carbonyl (C=O) groups is 2. The summed E-state index contributed by atoms with van der Waals surface area (Å²) >= 11 is 0. The second kappa shape index (κ2) is 11.3. The standard InChI is InChI=1S/C28H37N3O6/c1-6-31-27(33)30(10-7-20-13-22(34-2)17-23(14-20)35-3)26(32)28(31)8-11-29(12-9-28)19-21-15-24(36-4)18-25(16-21)37-5/h13-18H,6-12,19H2,1-5H3. The number of amides is 3. The molecule has 0 bridgehead atoms. The van der Waals surface area contributed by atoms with E-state index in [9.17, 15) is 9.59 Å². The van der Waals surface area contributed by atoms with Crippen LogP contribution in [0.1, 0.15) is 30.9 Å². The van der Waals surface area contributed by atoms with Crippen LogP contribution >= 0.6 is 0 Å². The molecule has 4 rings (SSSR count). The minimum absolute atomic E-state index is 0.0862. The normalized spacial score (nSPS) is 17.4. The second-order valence-corrected chi connectivity index (χ2v) is 9.48. The molecule has 200 valence electrons. The van der Waals surface area contributed by atoms with E-state index in [1.165, 1.54) is 4.90 Å². The maximum absolute atomic E-state index is 13.7. The Labute approximate surface area is 218 Å². The molecule has 2 saturated heterocycles. The first-order valence-corrected chi connectivity index (χ1v) is 12.7. The van der Waals surface area contributed by atoms with E-state index in [0.717, 1.165) is 42.3 Å². The van der Waals surface area contributed by atoms with Gasteiger partial charge in [0.15, 0.2) is 0 Å². The zero-order chi connectivity index (χ0) is 26.6. The van der Waals surface area contributed by atoms with Crippen LogP contribution in [0.15, 0.2) is 36.4 Å². The van der Waals surface area contributed by atoms with Crippen molar-refractivity contribution in [3.63, 3.8) is 0 Å². The zero-order valence-electron chi connectivity index (χ0n) is 22.4. The molecule has 0 unspecified atom stereocenters. The fourth-order valence-corrected chi connectivity index (χ4v) is 5.45. The Bertz CT molecular complexity index is 1080. The summed E-state index contributed by atoms with van der Waals surface area (Å²) in [4.78, 5) is 32.6. The number of likely N-dealkylation sites (N-methyl/N-ethyl adjacent to an activating group) is 1. The lowest BCUT2D eigenvalue weighted by Crippen LogP contribution is -2.56. The van der Waals surface area contributed by atoms with Gasteiger partial charge in [0, 0.05) is 44.9 Å². The van der Waals surface area contributed by atoms with Crippen molar-refractivity contribution in [3.05, 3.63) is 47.5 Å². The van der Waals surface area contributed by atoms with Crippen molar-refractivity contribution in [2.24, 2.45) is 0 Å². The molecule has 37 heavy (non-hydrogen) atoms. The van der Waals surface area contributed by atoms with Gasteiger partial charge in [-0.3, -0.25) is 14.6 Å². The minimum atomic E-state index is -0.777. The number of methoxy groups -OCH3 is 4. The second-order valence-electron chi connectivity index (χ2n) is 9.48. The summed E-state index contributed by atoms with van der Waals surface area (Å²) in [7, 11) is 6.49. The number of imide groups is 1. The quantitative estimate of drug-likeness (QED) is 0.451. The van der Waals surface area contributed by atoms with Crippen molar-refractivity contribution in [3.8, 4) is 23.0 Å². The lowest BCUT2D eigenvalue weighted by molar-refractivity contribution is -0.135. The Morgan fingerprint density at radius 1 is 0.757 bits per heavy atom. The summed E-state index contributed by atoms with van der Waals surface area (Å²) < 4.78 is 21.5. The predicted octanol–water partition coefficient (Wildman–Crippen LogP) is 3.58. The van der Waals surface area contributed by atoms with Crippen molar-refractivity contribution < 1.29 is 28.5 Å². The van der Waals surface area contributed by atoms with E-state index in [1.54, 1.807) is 39.4 Å². The number of carbonyl (C=O) groups excluding carboxylic acids is 2. The summed E-state index contributed by atoms with van der Waals surface area (Å²) in [5.74, 6) is 2.78. The smallest absolute Gasteiger partial charge is 0.327 e. The van der Waals surface area contributed by atoms with Gasteiger partial charge < -0.3 is 23.8 Å². The summed E-state index contributed by atoms with van der Waals surface area (Å²) in [6.45, 7) is 4.92. The zero-order valence-corrected chi connectivity index (χ0v) is 22.4. The van der Waals surface area contributed by atoms with E-state index >= 15 is 0 Å². The third kappa shape index (κ3) is 5.32. The van der Waals surface area contributed by atoms with E-state index in [4.69, 9.17) is 18.9 Å². The first-order valence-electron chi connectivity index (χ1n) is 12.7. The molecule has 0 atom stereocenters. The molecule has 9 heteroatoms. The van der Waals surface area contributed by atoms with Gasteiger partial charge in [-0.2, -0.15) is 0 Å². The molecule has 2 heterocycles. The fourth-order valence-electron chi connectivity index (χ4n) is 5.45. The van der Waals surface area contributed by atoms with Crippen LogP contribution in [0.5, 0.6) is 23.0 Å². The maximum atomic E-state index is 13.7. The van der Waals surface area contributed by atoms with Gasteiger partial charge in [-0.15, -0.1) is 0 Å². The van der Waals surface area contributed by atoms with Gasteiger partial charge in [0.25, 0.3) is 5.91 Å². The summed E-state index contributed by atoms with van der Waals surface area (Å²) in [5, 5.41) is 0. The molecule has 2 aromatic rings. The number of urea groups is 1. The van der Waals surface area contributed by atoms with Gasteiger partial charge in [-0.05, 0) is 61.6 Å². The molecule has 2 aliphatic rings. The van der Waals surface area contributed by atoms with Gasteiger partial charge in [-0.25, -0.2) is 4.79 Å². The van der Waals surface area contributed by atoms with Crippen molar-refractivity contribution >= 4 is 11.9 Å². The highest BCUT2D eigenvalue weighted by Crippen LogP contribution is 2.38. The summed E-state index contributed by atoms with van der Waals surface area (Å²) in [6, 6.07) is 11.3. The molecule has 0 saturated carbocycles. The van der Waals surface area contributed by atoms with E-state index in [-0.39, 0.29) is 11.9 Å². The molecule has 2 aliphatic heterocycles. The van der Waals surface area contributed by atoms with Gasteiger partial charge >= 0.3 is 6.03 Å². The third-order valence-corrected chi connectivity index (χ3v) is 7.47. The highest BCUT2D eigenvalue weighted by Gasteiger charge is 2.57. The Hall–Kier alpha value is -3.46. The average Bonchev–Trinajstić information content (AvgIpc) is 3.12. The van der Waals surface area contributed by atoms with E-state index in [2.05, 4.69) is 4.90 Å². The SMILES string of the molecule is CCN1C(=O)N(CCc2cc(OC)cc(OC)c2)C(=O)C12CCN(Cc1cc(OC)cc(OC)c1)CC2. The van der Waals surface area contributed by atoms with Crippen molar-refractivity contribution in [2.45, 2.75) is 38.3 Å². The highest BCUT2D eigenvalue weighted by atomic mass is 16.5. The Morgan fingerprint density at radius 3 is 1.70 bits per heavy atom. The topological polar surface area (TPSA) is 80.8 Å². The van der Waals surface area contributed by atoms with Gasteiger partial charge in [0.2, 0.25) is 0 Å². The van der Waals surface area contributed by atoms with Crippen LogP contribution in [0.3, 0.4) is 0 Å². The molecule has 0 N–H and O–H groups in total. The first-order chi connectivity index (χ1) is 17.9. The Balaban J connectivity index is 1.44. The molecule has 2 aromatic carbocycles. The van der Waals surface area contributed by atoms with Crippen molar-refractivity contribution in [2.75, 3.05) is 54.6 Å². The van der Waals surface area contributed by atoms with Crippen LogP contribution in [0, 0.1) is 0 Å². The number of hydrogen-bond acceptors (Lipinski definition) is 7. The molecule has 9 nitrogen and oxygen atoms in total. The summed E-state index contributed by atoms with van der Waals surface area (Å²) in [6.07, 6.45) is 1.74. The maximum Gasteiger partial charge on any atom is 0.327 e. The Kier molecular flexibility index (Phi) is 8.12. The van der Waals surface area contributed by atoms with Gasteiger partial charge in [0.1, 0.15) is 28.5 Å². The van der Waals surface area contributed by atoms with Crippen molar-refractivity contribution in [1.82, 2.24) is 14.7 Å². The average molecular weight is 512 g/mol. The van der Waals surface area contributed by atoms with E-state index < -0.39 is 5.54 Å². The molecule has 0 radical (unpaired) electrons. The van der Waals surface area contributed by atoms with Gasteiger partial charge in [0.05, 0.1) is 28.4 Å². The highest BCUT2D eigenvalue weighted by molar-refractivity contribution is 6.07. The van der Waals surface area contributed by atoms with Gasteiger partial charge in [-0.1, -0.05) is 0 Å². The number of piperidine rings is 1. The number of nitrogens with zero attached hydrogens (tertiary/aromatic N) is 3. The van der Waals surface area contributed by atoms with E-state index in [1.807, 2.05) is 37.3 Å². The monoisotopic (exact) mass is 511 g/mol. The van der Waals surface area contributed by atoms with Crippen LogP contribution in [0.2, 0.25) is 0 Å². The fraction of sp³-hybridized carbons (Fsp3) is 0.500. The Morgan fingerprint density at radius 2 is 1.24 bits per heavy atom. The van der Waals surface area contributed by atoms with Crippen LogP contribution in [0.4, 0.5) is 4.79 Å². The van der Waals surface area contributed by atoms with E-state index in [0.29, 0.717) is 43.9 Å². The van der Waals surface area contributed by atoms with Crippen LogP contribution in [-0.4, -0.2) is 86.8 Å². The lowest BCUT2D eigenvalue weighted by atomic mass is 9.85. The number of rotatable bonds is 10. The molecule has 0 aliphatic carbocycles. The number of ether oxygens (including phenoxy) is 4. The van der Waals surface area contributed by atoms with Crippen molar-refractivity contribution in [1.29, 1.82) is 0 Å². The number of hydrogen-bond donors (Lipinski definition) is 0. The summed E-state index contributed by atoms with van der Waals surface area (Å²) in [5.41, 5.74) is 1.26. The largest absolute Gasteiger partial charge is 0.497 e. The molecular weight excluding hydrogens is 474 g/mol. The molecule has 2 fully saturated rings. The first kappa shape index (κ1) is 26.6. The minimum Gasteiger partial charge on any atom is -0.497 e. The van der Waals surface area contributed by atoms with Crippen LogP contribution in [0.25, 0.3) is 0 Å². The molecular formula is C28H37N3O6. The van der Waals surface area contributed by atoms with Crippen LogP contribution in [-0.2, 0) is 17.8 Å². The third-order valence-electron chi connectivity index (χ3n) is 7.47. The molecule has 1 spiro atoms.